The summed E-state index contributed by atoms with van der Waals surface area (Å²) in [6.07, 6.45) is -7.36. The molecule has 2 aliphatic carbocycles. The van der Waals surface area contributed by atoms with Crippen LogP contribution < -0.4 is 0 Å². The van der Waals surface area contributed by atoms with E-state index in [0.717, 1.165) is 12.8 Å². The molecule has 2 spiro atoms. The summed E-state index contributed by atoms with van der Waals surface area (Å²) in [5.41, 5.74) is -2.18. The van der Waals surface area contributed by atoms with Gasteiger partial charge < -0.3 is 18.9 Å². The summed E-state index contributed by atoms with van der Waals surface area (Å²) in [7, 11) is 0. The Balaban J connectivity index is 0.970. The van der Waals surface area contributed by atoms with Crippen molar-refractivity contribution in [2.24, 2.45) is 35.5 Å². The van der Waals surface area contributed by atoms with Gasteiger partial charge in [-0.2, -0.15) is 26.3 Å². The number of nitrogens with zero attached hydrogens (tertiary/aromatic N) is 2. The molecule has 11 aliphatic rings. The zero-order valence-electron chi connectivity index (χ0n) is 29.9. The van der Waals surface area contributed by atoms with Gasteiger partial charge in [-0.3, -0.25) is 9.80 Å². The molecule has 7 saturated heterocycles. The van der Waals surface area contributed by atoms with Gasteiger partial charge in [-0.1, -0.05) is 13.8 Å². The molecule has 9 fully saturated rings. The van der Waals surface area contributed by atoms with Crippen molar-refractivity contribution in [1.29, 1.82) is 0 Å². The van der Waals surface area contributed by atoms with E-state index in [1.54, 1.807) is 13.8 Å². The number of hydrogen-bond acceptors (Lipinski definition) is 10. The topological polar surface area (TPSA) is 80.3 Å². The first-order valence-corrected chi connectivity index (χ1v) is 18.9. The smallest absolute Gasteiger partial charge is 0.449 e. The third-order valence-electron chi connectivity index (χ3n) is 14.1. The third kappa shape index (κ3) is 5.35. The highest BCUT2D eigenvalue weighted by atomic mass is 19.4. The maximum atomic E-state index is 14.8. The van der Waals surface area contributed by atoms with Crippen LogP contribution in [0.4, 0.5) is 26.3 Å². The number of fused-ring (bicyclic) bond motifs is 4. The van der Waals surface area contributed by atoms with Crippen molar-refractivity contribution in [1.82, 2.24) is 9.80 Å². The van der Waals surface area contributed by atoms with Crippen molar-refractivity contribution < 1.29 is 64.8 Å². The van der Waals surface area contributed by atoms with E-state index in [1.807, 2.05) is 9.80 Å². The van der Waals surface area contributed by atoms with E-state index in [2.05, 4.69) is 13.8 Å². The molecule has 9 aliphatic heterocycles. The average molecular weight is 751 g/mol. The second kappa shape index (κ2) is 11.9. The van der Waals surface area contributed by atoms with Crippen LogP contribution in [0.2, 0.25) is 0 Å². The first-order chi connectivity index (χ1) is 24.5. The lowest BCUT2D eigenvalue weighted by Gasteiger charge is -2.58. The molecular weight excluding hydrogens is 702 g/mol. The minimum Gasteiger partial charge on any atom is -0.456 e. The first-order valence-electron chi connectivity index (χ1n) is 18.9. The van der Waals surface area contributed by atoms with Crippen LogP contribution in [0, 0.1) is 35.5 Å². The SMILES string of the molecule is C[C@@H]1CC[C@H]2C(CN3CCN(CC4=C(C(F)(F)F)O[C@@H]5OC6(C)CC[C@H]7[C@H](C)CC[C@@H]4[C@@]57OO6)CC3)=C(C(F)(F)F)O[C@@H]3OC4(C)CC[C@@H]1[C@]32OO4. The summed E-state index contributed by atoms with van der Waals surface area (Å²) in [6, 6.07) is 0. The Labute approximate surface area is 298 Å². The third-order valence-corrected chi connectivity index (χ3v) is 14.1. The maximum absolute atomic E-state index is 14.8. The van der Waals surface area contributed by atoms with Gasteiger partial charge in [0.15, 0.2) is 11.2 Å². The Morgan fingerprint density at radius 2 is 0.962 bits per heavy atom. The van der Waals surface area contributed by atoms with Gasteiger partial charge in [-0.25, -0.2) is 19.6 Å². The van der Waals surface area contributed by atoms with Crippen LogP contribution >= 0.6 is 0 Å². The van der Waals surface area contributed by atoms with Crippen LogP contribution in [0.15, 0.2) is 22.7 Å². The molecule has 4 bridgehead atoms. The zero-order chi connectivity index (χ0) is 36.6. The molecule has 0 aromatic heterocycles. The van der Waals surface area contributed by atoms with Gasteiger partial charge >= 0.3 is 12.4 Å². The Kier molecular flexibility index (Phi) is 8.26. The molecule has 12 atom stereocenters. The van der Waals surface area contributed by atoms with Crippen molar-refractivity contribution >= 4 is 0 Å². The second-order valence-corrected chi connectivity index (χ2v) is 17.2. The number of halogens is 6. The molecule has 0 amide bonds. The molecule has 2 saturated carbocycles. The van der Waals surface area contributed by atoms with Crippen molar-refractivity contribution in [3.63, 3.8) is 0 Å². The normalized spacial score (nSPS) is 48.0. The van der Waals surface area contributed by atoms with Gasteiger partial charge in [0, 0.05) is 75.8 Å². The Morgan fingerprint density at radius 3 is 1.33 bits per heavy atom. The van der Waals surface area contributed by atoms with E-state index in [0.29, 0.717) is 64.7 Å². The lowest BCUT2D eigenvalue weighted by atomic mass is 9.59. The van der Waals surface area contributed by atoms with E-state index < -0.39 is 71.1 Å². The fourth-order valence-corrected chi connectivity index (χ4v) is 11.4. The van der Waals surface area contributed by atoms with E-state index in [1.165, 1.54) is 0 Å². The molecule has 0 radical (unpaired) electrons. The fourth-order valence-electron chi connectivity index (χ4n) is 11.4. The molecule has 9 heterocycles. The van der Waals surface area contributed by atoms with Gasteiger partial charge in [0.25, 0.3) is 0 Å². The van der Waals surface area contributed by atoms with Crippen molar-refractivity contribution in [3.8, 4) is 0 Å². The lowest BCUT2D eigenvalue weighted by Crippen LogP contribution is -2.68. The summed E-state index contributed by atoms with van der Waals surface area (Å²) in [5, 5.41) is 0. The Bertz CT molecular complexity index is 1410. The van der Waals surface area contributed by atoms with E-state index in [-0.39, 0.29) is 47.9 Å². The fraction of sp³-hybridized carbons (Fsp3) is 0.889. The van der Waals surface area contributed by atoms with Crippen LogP contribution in [0.1, 0.15) is 79.1 Å². The average Bonchev–Trinajstić information content (AvgIpc) is 3.45. The lowest BCUT2D eigenvalue weighted by molar-refractivity contribution is -0.557. The van der Waals surface area contributed by atoms with Crippen molar-refractivity contribution in [3.05, 3.63) is 22.7 Å². The van der Waals surface area contributed by atoms with Crippen molar-refractivity contribution in [2.45, 2.75) is 127 Å². The minimum absolute atomic E-state index is 0.0164. The standard InChI is InChI=1S/C36H48F6N2O8/c1-19-5-7-25-21(27(35(37,38)39)45-29-33(25)23(19)9-11-31(3,47-29)49-51-33)17-43-13-15-44(16-14-43)18-22-26-8-6-20(2)24-10-12-32(4)48-30(34(24,26)52-50-32)46-28(22)36(40,41)42/h19-20,23-26,29-30H,5-18H2,1-4H3/t19-,20-,23+,24+,25+,26+,29-,30-,31?,32?,33-,34-/m1/s1. The molecule has 10 nitrogen and oxygen atoms in total. The van der Waals surface area contributed by atoms with E-state index in [4.69, 9.17) is 38.5 Å². The molecule has 0 aromatic carbocycles. The molecular formula is C36H48F6N2O8. The van der Waals surface area contributed by atoms with E-state index in [9.17, 15) is 26.3 Å². The molecule has 2 unspecified atom stereocenters. The zero-order valence-corrected chi connectivity index (χ0v) is 29.9. The van der Waals surface area contributed by atoms with Gasteiger partial charge in [0.1, 0.15) is 0 Å². The molecule has 11 rings (SSSR count). The summed E-state index contributed by atoms with van der Waals surface area (Å²) >= 11 is 0. The number of rotatable bonds is 4. The molecule has 16 heteroatoms. The van der Waals surface area contributed by atoms with Crippen LogP contribution in [0.3, 0.4) is 0 Å². The Morgan fingerprint density at radius 1 is 0.577 bits per heavy atom. The second-order valence-electron chi connectivity index (χ2n) is 17.2. The number of alkyl halides is 6. The number of ether oxygens (including phenoxy) is 4. The summed E-state index contributed by atoms with van der Waals surface area (Å²) in [5.74, 6) is -5.66. The van der Waals surface area contributed by atoms with Gasteiger partial charge in [0.2, 0.25) is 35.7 Å². The highest BCUT2D eigenvalue weighted by Gasteiger charge is 2.72. The van der Waals surface area contributed by atoms with Gasteiger partial charge in [-0.05, 0) is 75.4 Å². The molecule has 0 N–H and O–H groups in total. The van der Waals surface area contributed by atoms with Crippen LogP contribution in [-0.2, 0) is 38.5 Å². The van der Waals surface area contributed by atoms with E-state index >= 15 is 0 Å². The number of allylic oxidation sites excluding steroid dienone is 2. The van der Waals surface area contributed by atoms with Gasteiger partial charge in [-0.15, -0.1) is 0 Å². The highest BCUT2D eigenvalue weighted by Crippen LogP contribution is 2.63. The van der Waals surface area contributed by atoms with Crippen LogP contribution in [0.25, 0.3) is 0 Å². The predicted molar refractivity (Wildman–Crippen MR) is 167 cm³/mol. The monoisotopic (exact) mass is 750 g/mol. The summed E-state index contributed by atoms with van der Waals surface area (Å²) in [4.78, 5) is 27.7. The van der Waals surface area contributed by atoms with Crippen LogP contribution in [-0.4, -0.2) is 96.8 Å². The summed E-state index contributed by atoms with van der Waals surface area (Å²) < 4.78 is 112. The quantitative estimate of drug-likeness (QED) is 0.228. The summed E-state index contributed by atoms with van der Waals surface area (Å²) in [6.45, 7) is 8.87. The predicted octanol–water partition coefficient (Wildman–Crippen LogP) is 6.73. The highest BCUT2D eigenvalue weighted by molar-refractivity contribution is 5.31. The van der Waals surface area contributed by atoms with Gasteiger partial charge in [0.05, 0.1) is 0 Å². The van der Waals surface area contributed by atoms with Crippen LogP contribution in [0.5, 0.6) is 0 Å². The Hall–Kier alpha value is -1.66. The first kappa shape index (κ1) is 36.0. The molecule has 0 aromatic rings. The minimum atomic E-state index is -4.76. The number of piperazine rings is 1. The van der Waals surface area contributed by atoms with Crippen molar-refractivity contribution in [2.75, 3.05) is 39.3 Å². The molecule has 52 heavy (non-hydrogen) atoms. The largest absolute Gasteiger partial charge is 0.456 e. The maximum Gasteiger partial charge on any atom is 0.449 e. The number of hydrogen-bond donors (Lipinski definition) is 0. The molecule has 292 valence electrons.